The van der Waals surface area contributed by atoms with E-state index in [9.17, 15) is 19.2 Å². The third-order valence-electron chi connectivity index (χ3n) is 9.36. The minimum Gasteiger partial charge on any atom is -0.379 e. The average molecular weight is 691 g/mol. The summed E-state index contributed by atoms with van der Waals surface area (Å²) in [6.07, 6.45) is 3.48. The lowest BCUT2D eigenvalue weighted by Crippen LogP contribution is -2.48. The van der Waals surface area contributed by atoms with Crippen LogP contribution in [0.25, 0.3) is 0 Å². The summed E-state index contributed by atoms with van der Waals surface area (Å²) in [6.45, 7) is 5.37. The molecule has 3 aliphatic rings. The van der Waals surface area contributed by atoms with E-state index in [2.05, 4.69) is 72.8 Å². The molecule has 3 aromatic rings. The van der Waals surface area contributed by atoms with Gasteiger partial charge in [-0.15, -0.1) is 0 Å². The molecule has 3 saturated heterocycles. The van der Waals surface area contributed by atoms with Gasteiger partial charge in [0.2, 0.25) is 11.8 Å². The molecule has 0 spiro atoms. The van der Waals surface area contributed by atoms with Crippen molar-refractivity contribution in [2.24, 2.45) is 7.05 Å². The molecular weight excluding hydrogens is 650 g/mol. The molecule has 12 heteroatoms. The zero-order valence-corrected chi connectivity index (χ0v) is 27.8. The van der Waals surface area contributed by atoms with Crippen molar-refractivity contribution in [1.82, 2.24) is 29.8 Å². The molecule has 3 atom stereocenters. The normalized spacial score (nSPS) is 22.8. The molecule has 4 heterocycles. The Morgan fingerprint density at radius 2 is 1.76 bits per heavy atom. The van der Waals surface area contributed by atoms with E-state index in [1.54, 1.807) is 13.2 Å². The van der Waals surface area contributed by atoms with Gasteiger partial charge in [-0.1, -0.05) is 36.4 Å². The fourth-order valence-corrected chi connectivity index (χ4v) is 7.34. The van der Waals surface area contributed by atoms with E-state index < -0.39 is 0 Å². The molecule has 2 aromatic carbocycles. The minimum atomic E-state index is -0.290. The molecule has 3 amide bonds. The van der Waals surface area contributed by atoms with Crippen LogP contribution in [0.4, 0.5) is 5.69 Å². The van der Waals surface area contributed by atoms with Crippen LogP contribution in [0.3, 0.4) is 0 Å². The van der Waals surface area contributed by atoms with Gasteiger partial charge in [0.15, 0.2) is 0 Å². The molecule has 0 aliphatic carbocycles. The number of nitrogens with one attached hydrogen (secondary N) is 2. The second-order valence-electron chi connectivity index (χ2n) is 12.7. The van der Waals surface area contributed by atoms with Crippen LogP contribution >= 0.6 is 15.9 Å². The van der Waals surface area contributed by atoms with Gasteiger partial charge in [0.05, 0.1) is 17.8 Å². The van der Waals surface area contributed by atoms with Crippen LogP contribution in [0.1, 0.15) is 58.1 Å². The van der Waals surface area contributed by atoms with E-state index in [-0.39, 0.29) is 41.2 Å². The van der Waals surface area contributed by atoms with Crippen LogP contribution < -0.4 is 16.2 Å². The van der Waals surface area contributed by atoms with Crippen LogP contribution in [-0.2, 0) is 23.2 Å². The quantitative estimate of drug-likeness (QED) is 0.364. The van der Waals surface area contributed by atoms with Crippen molar-refractivity contribution in [2.75, 3.05) is 51.6 Å². The first-order chi connectivity index (χ1) is 22.1. The number of hydrogen-bond acceptors (Lipinski definition) is 8. The van der Waals surface area contributed by atoms with Gasteiger partial charge in [0.25, 0.3) is 11.5 Å². The van der Waals surface area contributed by atoms with Crippen LogP contribution in [0.5, 0.6) is 0 Å². The number of nitrogens with zero attached hydrogens (tertiary/aromatic N) is 5. The molecule has 46 heavy (non-hydrogen) atoms. The summed E-state index contributed by atoms with van der Waals surface area (Å²) in [5, 5.41) is 10.1. The van der Waals surface area contributed by atoms with Crippen molar-refractivity contribution < 1.29 is 14.4 Å². The van der Waals surface area contributed by atoms with Crippen molar-refractivity contribution in [2.45, 2.75) is 43.7 Å². The van der Waals surface area contributed by atoms with Gasteiger partial charge < -0.3 is 15.1 Å². The number of aromatic nitrogens is 2. The Morgan fingerprint density at radius 1 is 1.00 bits per heavy atom. The number of piperazine rings is 1. The third kappa shape index (κ3) is 7.24. The summed E-state index contributed by atoms with van der Waals surface area (Å²) < 4.78 is 1.79. The van der Waals surface area contributed by atoms with Crippen LogP contribution in [0.2, 0.25) is 0 Å². The third-order valence-corrected chi connectivity index (χ3v) is 10.1. The number of halogens is 1. The van der Waals surface area contributed by atoms with Gasteiger partial charge in [-0.2, -0.15) is 5.10 Å². The number of carbonyl (C=O) groups is 3. The van der Waals surface area contributed by atoms with E-state index in [1.165, 1.54) is 10.2 Å². The Bertz CT molecular complexity index is 1670. The van der Waals surface area contributed by atoms with E-state index in [0.717, 1.165) is 50.3 Å². The molecule has 1 aromatic heterocycles. The predicted octanol–water partition coefficient (Wildman–Crippen LogP) is 2.92. The molecule has 3 aliphatic heterocycles. The van der Waals surface area contributed by atoms with Gasteiger partial charge in [-0.05, 0) is 70.6 Å². The maximum atomic E-state index is 13.4. The summed E-state index contributed by atoms with van der Waals surface area (Å²) in [4.78, 5) is 56.1. The molecule has 3 fully saturated rings. The van der Waals surface area contributed by atoms with Crippen molar-refractivity contribution >= 4 is 39.3 Å². The monoisotopic (exact) mass is 689 g/mol. The van der Waals surface area contributed by atoms with E-state index >= 15 is 0 Å². The van der Waals surface area contributed by atoms with Gasteiger partial charge in [-0.25, -0.2) is 4.68 Å². The Morgan fingerprint density at radius 3 is 2.50 bits per heavy atom. The Labute approximate surface area is 277 Å². The Balaban J connectivity index is 1.02. The smallest absolute Gasteiger partial charge is 0.282 e. The lowest BCUT2D eigenvalue weighted by Gasteiger charge is -2.37. The number of aryl methyl sites for hydroxylation is 1. The molecule has 2 N–H and O–H groups in total. The summed E-state index contributed by atoms with van der Waals surface area (Å²) in [6, 6.07) is 16.3. The summed E-state index contributed by atoms with van der Waals surface area (Å²) in [5.74, 6) is -0.373. The number of carbonyl (C=O) groups excluding carboxylic acids is 3. The van der Waals surface area contributed by atoms with Crippen LogP contribution in [0.15, 0.2) is 64.0 Å². The molecule has 1 unspecified atom stereocenters. The number of anilines is 1. The molecule has 242 valence electrons. The second kappa shape index (κ2) is 13.9. The Kier molecular flexibility index (Phi) is 9.67. The number of imide groups is 1. The molecule has 0 saturated carbocycles. The zero-order valence-electron chi connectivity index (χ0n) is 26.2. The fourth-order valence-electron chi connectivity index (χ4n) is 6.86. The highest BCUT2D eigenvalue weighted by molar-refractivity contribution is 9.10. The number of hydrogen-bond donors (Lipinski definition) is 2. The maximum Gasteiger partial charge on any atom is 0.282 e. The van der Waals surface area contributed by atoms with Crippen molar-refractivity contribution in [3.8, 4) is 0 Å². The van der Waals surface area contributed by atoms with Crippen molar-refractivity contribution in [1.29, 1.82) is 0 Å². The van der Waals surface area contributed by atoms with Gasteiger partial charge in [0, 0.05) is 70.9 Å². The highest BCUT2D eigenvalue weighted by Gasteiger charge is 2.30. The largest absolute Gasteiger partial charge is 0.379 e. The lowest BCUT2D eigenvalue weighted by atomic mass is 9.87. The highest BCUT2D eigenvalue weighted by atomic mass is 79.9. The Hall–Kier alpha value is -3.87. The lowest BCUT2D eigenvalue weighted by molar-refractivity contribution is -0.134. The van der Waals surface area contributed by atoms with Gasteiger partial charge in [-0.3, -0.25) is 29.4 Å². The minimum absolute atomic E-state index is 0.0503. The van der Waals surface area contributed by atoms with E-state index in [0.29, 0.717) is 41.7 Å². The number of rotatable bonds is 7. The molecule has 0 bridgehead atoms. The average Bonchev–Trinajstić information content (AvgIpc) is 3.05. The zero-order chi connectivity index (χ0) is 32.4. The van der Waals surface area contributed by atoms with E-state index in [4.69, 9.17) is 0 Å². The van der Waals surface area contributed by atoms with Gasteiger partial charge >= 0.3 is 0 Å². The molecule has 6 rings (SSSR count). The summed E-state index contributed by atoms with van der Waals surface area (Å²) >= 11 is 3.42. The number of benzene rings is 2. The van der Waals surface area contributed by atoms with Gasteiger partial charge in [0.1, 0.15) is 4.47 Å². The first-order valence-corrected chi connectivity index (χ1v) is 16.6. The first-order valence-electron chi connectivity index (χ1n) is 15.9. The molecular formula is C34H40BrN7O4. The SMILES string of the molecule is CN1C[C@@H](Nc2cnn(C)c(=O)c2Br)C[C@@H](c2ccc(C(=O)N3CCN(Cc4cccc(C5CCC(=O)NC5=O)c4)CC3)cc2)C1. The highest BCUT2D eigenvalue weighted by Crippen LogP contribution is 2.30. The van der Waals surface area contributed by atoms with Crippen LogP contribution in [-0.4, -0.2) is 94.6 Å². The summed E-state index contributed by atoms with van der Waals surface area (Å²) in [7, 11) is 3.73. The van der Waals surface area contributed by atoms with Crippen LogP contribution in [0, 0.1) is 0 Å². The predicted molar refractivity (Wildman–Crippen MR) is 179 cm³/mol. The second-order valence-corrected chi connectivity index (χ2v) is 13.5. The van der Waals surface area contributed by atoms with Crippen molar-refractivity contribution in [3.05, 3.63) is 91.8 Å². The standard InChI is InChI=1S/C34H40BrN7O4/c1-39-20-26(17-27(21-39)37-29-18-36-40(2)34(46)31(29)35)23-6-8-24(9-7-23)33(45)42-14-12-41(13-15-42)19-22-4-3-5-25(16-22)28-10-11-30(43)38-32(28)44/h3-9,16,18,26-28,37H,10-15,17,19-21H2,1-2H3,(H,38,43,44)/t26-,27+,28?/m1/s1. The molecule has 11 nitrogen and oxygen atoms in total. The first kappa shape index (κ1) is 32.1. The topological polar surface area (TPSA) is 120 Å². The number of piperidine rings is 2. The molecule has 0 radical (unpaired) electrons. The summed E-state index contributed by atoms with van der Waals surface area (Å²) in [5.41, 5.74) is 4.48. The number of likely N-dealkylation sites (tertiary alicyclic amines) is 1. The van der Waals surface area contributed by atoms with Crippen molar-refractivity contribution in [3.63, 3.8) is 0 Å². The van der Waals surface area contributed by atoms with E-state index in [1.807, 2.05) is 29.2 Å². The maximum absolute atomic E-state index is 13.4. The number of likely N-dealkylation sites (N-methyl/N-ethyl adjacent to an activating group) is 1. The fraction of sp³-hybridized carbons (Fsp3) is 0.441. The number of amides is 3.